The van der Waals surface area contributed by atoms with Crippen LogP contribution in [0.2, 0.25) is 36.3 Å². The second kappa shape index (κ2) is 9.68. The molecule has 2 N–H and O–H groups in total. The van der Waals surface area contributed by atoms with E-state index in [1.54, 1.807) is 0 Å². The van der Waals surface area contributed by atoms with Crippen molar-refractivity contribution in [2.24, 2.45) is 0 Å². The number of hydrogen-bond acceptors (Lipinski definition) is 8. The Hall–Kier alpha value is -1.06. The third kappa shape index (κ3) is 5.47. The zero-order valence-electron chi connectivity index (χ0n) is 23.0. The summed E-state index contributed by atoms with van der Waals surface area (Å²) < 4.78 is 37.2. The summed E-state index contributed by atoms with van der Waals surface area (Å²) in [5.74, 6) is 0.311. The van der Waals surface area contributed by atoms with E-state index >= 15 is 4.39 Å². The van der Waals surface area contributed by atoms with Gasteiger partial charge in [0.25, 0.3) is 0 Å². The number of nitrogen functional groups attached to an aromatic ring is 1. The second-order valence-corrected chi connectivity index (χ2v) is 22.7. The summed E-state index contributed by atoms with van der Waals surface area (Å²) in [6, 6.07) is 0. The maximum Gasteiger partial charge on any atom is 0.192 e. The van der Waals surface area contributed by atoms with Crippen LogP contribution >= 0.6 is 11.8 Å². The Morgan fingerprint density at radius 2 is 1.69 bits per heavy atom. The fourth-order valence-electron chi connectivity index (χ4n) is 3.47. The minimum absolute atomic E-state index is 0.0236. The Bertz CT molecular complexity index is 1050. The van der Waals surface area contributed by atoms with Gasteiger partial charge in [0, 0.05) is 0 Å². The number of halogens is 1. The largest absolute Gasteiger partial charge is 0.414 e. The van der Waals surface area contributed by atoms with E-state index in [1.807, 2.05) is 6.26 Å². The monoisotopic (exact) mass is 543 g/mol. The zero-order valence-corrected chi connectivity index (χ0v) is 25.8. The van der Waals surface area contributed by atoms with Crippen molar-refractivity contribution < 1.29 is 18.0 Å². The molecule has 3 rings (SSSR count). The number of alkyl halides is 1. The highest BCUT2D eigenvalue weighted by Gasteiger charge is 2.53. The summed E-state index contributed by atoms with van der Waals surface area (Å²) in [4.78, 5) is 8.45. The second-order valence-electron chi connectivity index (χ2n) is 12.3. The number of anilines is 1. The molecule has 4 atom stereocenters. The van der Waals surface area contributed by atoms with Crippen molar-refractivity contribution >= 4 is 45.2 Å². The highest BCUT2D eigenvalue weighted by molar-refractivity contribution is 7.98. The van der Waals surface area contributed by atoms with Crippen LogP contribution in [-0.4, -0.2) is 67.6 Å². The van der Waals surface area contributed by atoms with Crippen LogP contribution in [0.4, 0.5) is 10.2 Å². The Labute approximate surface area is 215 Å². The molecule has 1 fully saturated rings. The van der Waals surface area contributed by atoms with E-state index in [0.29, 0.717) is 21.9 Å². The van der Waals surface area contributed by atoms with Crippen LogP contribution in [0.15, 0.2) is 11.4 Å². The number of nitrogens with two attached hydrogens (primary N) is 1. The fourth-order valence-corrected chi connectivity index (χ4v) is 6.37. The number of rotatable bonds is 7. The summed E-state index contributed by atoms with van der Waals surface area (Å²) in [5, 5.41) is 5.81. The van der Waals surface area contributed by atoms with Crippen LogP contribution in [0.25, 0.3) is 11.0 Å². The van der Waals surface area contributed by atoms with E-state index in [1.165, 1.54) is 22.8 Å². The summed E-state index contributed by atoms with van der Waals surface area (Å²) >= 11 is 1.41. The van der Waals surface area contributed by atoms with Crippen molar-refractivity contribution in [3.63, 3.8) is 0 Å². The maximum absolute atomic E-state index is 16.3. The first kappa shape index (κ1) is 28.5. The smallest absolute Gasteiger partial charge is 0.192 e. The van der Waals surface area contributed by atoms with Gasteiger partial charge in [-0.2, -0.15) is 5.10 Å². The van der Waals surface area contributed by atoms with Gasteiger partial charge < -0.3 is 19.3 Å². The molecule has 2 aromatic heterocycles. The first-order chi connectivity index (χ1) is 15.9. The van der Waals surface area contributed by atoms with Crippen LogP contribution < -0.4 is 5.73 Å². The Balaban J connectivity index is 2.00. The molecule has 1 saturated heterocycles. The van der Waals surface area contributed by atoms with Gasteiger partial charge in [-0.3, -0.25) is 0 Å². The van der Waals surface area contributed by atoms with Crippen molar-refractivity contribution in [1.82, 2.24) is 19.7 Å². The third-order valence-electron chi connectivity index (χ3n) is 7.84. The van der Waals surface area contributed by atoms with E-state index in [0.717, 1.165) is 0 Å². The number of ether oxygens (including phenoxy) is 1. The van der Waals surface area contributed by atoms with Crippen molar-refractivity contribution in [3.05, 3.63) is 6.33 Å². The molecule has 198 valence electrons. The summed E-state index contributed by atoms with van der Waals surface area (Å²) in [7, 11) is -4.39. The van der Waals surface area contributed by atoms with E-state index in [9.17, 15) is 0 Å². The predicted molar refractivity (Wildman–Crippen MR) is 146 cm³/mol. The normalized spacial score (nSPS) is 24.5. The fraction of sp³-hybridized carbons (Fsp3) is 0.783. The van der Waals surface area contributed by atoms with Crippen LogP contribution in [-0.2, 0) is 13.6 Å². The molecule has 0 radical (unpaired) electrons. The maximum atomic E-state index is 16.3. The molecule has 1 aliphatic heterocycles. The Kier molecular flexibility index (Phi) is 7.88. The number of fused-ring (bicyclic) bond motifs is 1. The molecule has 8 nitrogen and oxygen atoms in total. The van der Waals surface area contributed by atoms with Gasteiger partial charge in [-0.05, 0) is 42.5 Å². The van der Waals surface area contributed by atoms with E-state index in [-0.39, 0.29) is 16.7 Å². The average molecular weight is 544 g/mol. The molecule has 0 aromatic carbocycles. The summed E-state index contributed by atoms with van der Waals surface area (Å²) in [6.45, 7) is 21.9. The lowest BCUT2D eigenvalue weighted by molar-refractivity contribution is -0.0474. The van der Waals surface area contributed by atoms with Gasteiger partial charge >= 0.3 is 0 Å². The molecular weight excluding hydrogens is 502 g/mol. The Morgan fingerprint density at radius 3 is 2.23 bits per heavy atom. The van der Waals surface area contributed by atoms with Gasteiger partial charge in [0.1, 0.15) is 29.4 Å². The first-order valence-electron chi connectivity index (χ1n) is 12.1. The molecule has 0 bridgehead atoms. The molecule has 0 spiro atoms. The number of thioether (sulfide) groups is 1. The average Bonchev–Trinajstić information content (AvgIpc) is 3.23. The van der Waals surface area contributed by atoms with Crippen LogP contribution in [0.3, 0.4) is 0 Å². The SMILES string of the molecule is CSc1nn([C@@H]2O[C@@H](CO[Si](C)(C)C(C)(C)C)[C@@H](O[Si](C)(C)C(C)(C)C)[C@@H]2F)c2ncnc(N)c12. The van der Waals surface area contributed by atoms with Crippen LogP contribution in [0.1, 0.15) is 47.8 Å². The molecule has 1 aliphatic rings. The Morgan fingerprint density at radius 1 is 1.09 bits per heavy atom. The van der Waals surface area contributed by atoms with Gasteiger partial charge in [-0.15, -0.1) is 11.8 Å². The predicted octanol–water partition coefficient (Wildman–Crippen LogP) is 5.78. The zero-order chi connectivity index (χ0) is 26.6. The molecule has 2 aromatic rings. The minimum atomic E-state index is -2.30. The summed E-state index contributed by atoms with van der Waals surface area (Å²) in [6.07, 6.45) is -0.554. The van der Waals surface area contributed by atoms with Gasteiger partial charge in [-0.25, -0.2) is 19.0 Å². The van der Waals surface area contributed by atoms with Crippen molar-refractivity contribution in [3.8, 4) is 0 Å². The first-order valence-corrected chi connectivity index (χ1v) is 19.1. The van der Waals surface area contributed by atoms with Gasteiger partial charge in [-0.1, -0.05) is 41.5 Å². The molecule has 0 unspecified atom stereocenters. The highest BCUT2D eigenvalue weighted by Crippen LogP contribution is 2.44. The minimum Gasteiger partial charge on any atom is -0.414 e. The van der Waals surface area contributed by atoms with Gasteiger partial charge in [0.2, 0.25) is 0 Å². The van der Waals surface area contributed by atoms with E-state index in [4.69, 9.17) is 19.3 Å². The number of nitrogens with zero attached hydrogens (tertiary/aromatic N) is 4. The van der Waals surface area contributed by atoms with Gasteiger partial charge in [0.15, 0.2) is 34.7 Å². The van der Waals surface area contributed by atoms with E-state index < -0.39 is 41.2 Å². The standard InChI is InChI=1S/C23H42FN5O3SSi2/c1-22(2,3)34(8,9)30-12-14-17(32-35(10,11)23(4,5)6)16(24)21(31-14)29-19-15(20(28-29)33-7)18(25)26-13-27-19/h13-14,16-17,21H,12H2,1-11H3,(H2,25,26,27)/t14-,16-,17+,21+/m0/s1. The van der Waals surface area contributed by atoms with Crippen LogP contribution in [0, 0.1) is 0 Å². The highest BCUT2D eigenvalue weighted by atomic mass is 32.2. The lowest BCUT2D eigenvalue weighted by Crippen LogP contribution is -2.50. The molecular formula is C23H42FN5O3SSi2. The number of aromatic nitrogens is 4. The topological polar surface area (TPSA) is 97.3 Å². The molecule has 12 heteroatoms. The van der Waals surface area contributed by atoms with Crippen molar-refractivity contribution in [1.29, 1.82) is 0 Å². The molecule has 0 aliphatic carbocycles. The van der Waals surface area contributed by atoms with Crippen molar-refractivity contribution in [2.75, 3.05) is 18.6 Å². The molecule has 0 saturated carbocycles. The quantitative estimate of drug-likeness (QED) is 0.347. The van der Waals surface area contributed by atoms with Gasteiger partial charge in [0.05, 0.1) is 12.0 Å². The number of hydrogen-bond donors (Lipinski definition) is 1. The lowest BCUT2D eigenvalue weighted by atomic mass is 10.1. The lowest BCUT2D eigenvalue weighted by Gasteiger charge is -2.40. The molecule has 3 heterocycles. The summed E-state index contributed by atoms with van der Waals surface area (Å²) in [5.41, 5.74) is 6.56. The van der Waals surface area contributed by atoms with E-state index in [2.05, 4.69) is 82.8 Å². The third-order valence-corrected chi connectivity index (χ3v) is 17.5. The molecule has 0 amide bonds. The van der Waals surface area contributed by atoms with Crippen molar-refractivity contribution in [2.45, 2.75) is 107 Å². The molecule has 35 heavy (non-hydrogen) atoms. The van der Waals surface area contributed by atoms with Crippen LogP contribution in [0.5, 0.6) is 0 Å².